The summed E-state index contributed by atoms with van der Waals surface area (Å²) in [7, 11) is 2.12. The lowest BCUT2D eigenvalue weighted by molar-refractivity contribution is 0.218. The Kier molecular flexibility index (Phi) is 5.01. The molecule has 0 aromatic heterocycles. The zero-order valence-corrected chi connectivity index (χ0v) is 11.7. The predicted molar refractivity (Wildman–Crippen MR) is 73.2 cm³/mol. The van der Waals surface area contributed by atoms with Gasteiger partial charge in [0.2, 0.25) is 0 Å². The Hall–Kier alpha value is -1.02. The van der Waals surface area contributed by atoms with E-state index in [1.807, 2.05) is 25.1 Å². The third-order valence-electron chi connectivity index (χ3n) is 3.31. The second-order valence-corrected chi connectivity index (χ2v) is 5.48. The summed E-state index contributed by atoms with van der Waals surface area (Å²) in [4.78, 5) is 2.30. The van der Waals surface area contributed by atoms with Crippen LogP contribution in [0.2, 0.25) is 0 Å². The van der Waals surface area contributed by atoms with E-state index in [0.29, 0.717) is 17.7 Å². The van der Waals surface area contributed by atoms with Crippen LogP contribution in [0.4, 0.5) is 0 Å². The second kappa shape index (κ2) is 6.06. The molecule has 0 saturated heterocycles. The van der Waals surface area contributed by atoms with Gasteiger partial charge in [-0.15, -0.1) is 0 Å². The van der Waals surface area contributed by atoms with Gasteiger partial charge >= 0.3 is 0 Å². The zero-order valence-electron chi connectivity index (χ0n) is 11.7. The number of nitrogens with zero attached hydrogens (tertiary/aromatic N) is 1. The van der Waals surface area contributed by atoms with Crippen LogP contribution in [0.3, 0.4) is 0 Å². The van der Waals surface area contributed by atoms with Crippen LogP contribution in [-0.4, -0.2) is 23.1 Å². The second-order valence-electron chi connectivity index (χ2n) is 5.48. The molecule has 2 heteroatoms. The summed E-state index contributed by atoms with van der Waals surface area (Å²) in [5, 5.41) is 9.98. The van der Waals surface area contributed by atoms with E-state index < -0.39 is 0 Å². The van der Waals surface area contributed by atoms with E-state index in [9.17, 15) is 5.11 Å². The minimum Gasteiger partial charge on any atom is -0.507 e. The molecule has 17 heavy (non-hydrogen) atoms. The van der Waals surface area contributed by atoms with Crippen molar-refractivity contribution in [3.63, 3.8) is 0 Å². The fourth-order valence-corrected chi connectivity index (χ4v) is 2.13. The quantitative estimate of drug-likeness (QED) is 0.843. The number of phenolic OH excluding ortho intramolecular Hbond substituents is 1. The van der Waals surface area contributed by atoms with Gasteiger partial charge in [-0.25, -0.2) is 0 Å². The van der Waals surface area contributed by atoms with Crippen molar-refractivity contribution in [1.82, 2.24) is 4.90 Å². The number of aromatic hydroxyl groups is 1. The Labute approximate surface area is 105 Å². The van der Waals surface area contributed by atoms with Gasteiger partial charge in [0, 0.05) is 18.2 Å². The average Bonchev–Trinajstić information content (AvgIpc) is 2.23. The topological polar surface area (TPSA) is 23.5 Å². The molecule has 1 atom stereocenters. The number of hydrogen-bond donors (Lipinski definition) is 1. The van der Waals surface area contributed by atoms with Crippen molar-refractivity contribution in [2.75, 3.05) is 7.05 Å². The van der Waals surface area contributed by atoms with E-state index in [4.69, 9.17) is 0 Å². The molecule has 0 amide bonds. The maximum absolute atomic E-state index is 9.98. The number of aryl methyl sites for hydroxylation is 1. The van der Waals surface area contributed by atoms with Crippen molar-refractivity contribution >= 4 is 0 Å². The highest BCUT2D eigenvalue weighted by molar-refractivity contribution is 5.39. The molecule has 2 nitrogen and oxygen atoms in total. The Morgan fingerprint density at radius 1 is 1.24 bits per heavy atom. The molecule has 0 spiro atoms. The monoisotopic (exact) mass is 235 g/mol. The highest BCUT2D eigenvalue weighted by Gasteiger charge is 2.13. The molecule has 1 aromatic carbocycles. The molecular formula is C15H25NO. The highest BCUT2D eigenvalue weighted by atomic mass is 16.3. The van der Waals surface area contributed by atoms with E-state index in [2.05, 4.69) is 32.7 Å². The fourth-order valence-electron chi connectivity index (χ4n) is 2.13. The SMILES string of the molecule is Cc1cccc(CN(C)C(C)CC(C)C)c1O. The van der Waals surface area contributed by atoms with E-state index in [0.717, 1.165) is 17.7 Å². The first-order valence-electron chi connectivity index (χ1n) is 6.39. The summed E-state index contributed by atoms with van der Waals surface area (Å²) in [6, 6.07) is 6.48. The van der Waals surface area contributed by atoms with Crippen LogP contribution in [-0.2, 0) is 6.54 Å². The Morgan fingerprint density at radius 2 is 1.88 bits per heavy atom. The lowest BCUT2D eigenvalue weighted by Crippen LogP contribution is -2.29. The van der Waals surface area contributed by atoms with Crippen LogP contribution in [0, 0.1) is 12.8 Å². The summed E-state index contributed by atoms with van der Waals surface area (Å²) in [6.07, 6.45) is 1.18. The van der Waals surface area contributed by atoms with Gasteiger partial charge in [-0.2, -0.15) is 0 Å². The maximum Gasteiger partial charge on any atom is 0.122 e. The number of benzene rings is 1. The average molecular weight is 235 g/mol. The molecule has 1 N–H and O–H groups in total. The smallest absolute Gasteiger partial charge is 0.122 e. The molecule has 0 aliphatic carbocycles. The van der Waals surface area contributed by atoms with Crippen LogP contribution in [0.5, 0.6) is 5.75 Å². The van der Waals surface area contributed by atoms with E-state index in [1.54, 1.807) is 0 Å². The first kappa shape index (κ1) is 14.0. The molecule has 96 valence electrons. The molecule has 0 bridgehead atoms. The van der Waals surface area contributed by atoms with Crippen molar-refractivity contribution in [2.45, 2.75) is 46.7 Å². The summed E-state index contributed by atoms with van der Waals surface area (Å²) in [5.41, 5.74) is 1.97. The first-order valence-corrected chi connectivity index (χ1v) is 6.39. The highest BCUT2D eigenvalue weighted by Crippen LogP contribution is 2.23. The van der Waals surface area contributed by atoms with Gasteiger partial charge in [-0.1, -0.05) is 32.0 Å². The predicted octanol–water partition coefficient (Wildman–Crippen LogP) is 3.57. The van der Waals surface area contributed by atoms with Crippen molar-refractivity contribution < 1.29 is 5.11 Å². The lowest BCUT2D eigenvalue weighted by atomic mass is 10.0. The van der Waals surface area contributed by atoms with Gasteiger partial charge in [0.1, 0.15) is 5.75 Å². The summed E-state index contributed by atoms with van der Waals surface area (Å²) in [5.74, 6) is 1.15. The molecule has 0 aliphatic heterocycles. The number of phenols is 1. The van der Waals surface area contributed by atoms with Crippen molar-refractivity contribution in [2.24, 2.45) is 5.92 Å². The molecule has 1 unspecified atom stereocenters. The molecule has 0 radical (unpaired) electrons. The van der Waals surface area contributed by atoms with E-state index >= 15 is 0 Å². The zero-order chi connectivity index (χ0) is 13.0. The van der Waals surface area contributed by atoms with Gasteiger partial charge in [0.15, 0.2) is 0 Å². The van der Waals surface area contributed by atoms with Crippen LogP contribution in [0.1, 0.15) is 38.3 Å². The van der Waals surface area contributed by atoms with E-state index in [-0.39, 0.29) is 0 Å². The van der Waals surface area contributed by atoms with Gasteiger partial charge < -0.3 is 5.11 Å². The van der Waals surface area contributed by atoms with Crippen LogP contribution >= 0.6 is 0 Å². The Bertz CT molecular complexity index is 360. The third kappa shape index (κ3) is 4.04. The molecular weight excluding hydrogens is 210 g/mol. The normalized spacial score (nSPS) is 13.4. The number of rotatable bonds is 5. The molecule has 0 aliphatic rings. The molecule has 1 aromatic rings. The summed E-state index contributed by atoms with van der Waals surface area (Å²) in [6.45, 7) is 9.48. The van der Waals surface area contributed by atoms with Crippen LogP contribution in [0.15, 0.2) is 18.2 Å². The van der Waals surface area contributed by atoms with Crippen LogP contribution < -0.4 is 0 Å². The van der Waals surface area contributed by atoms with Crippen molar-refractivity contribution in [1.29, 1.82) is 0 Å². The standard InChI is InChI=1S/C15H25NO/c1-11(2)9-13(4)16(5)10-14-8-6-7-12(3)15(14)17/h6-8,11,13,17H,9-10H2,1-5H3. The maximum atomic E-state index is 9.98. The first-order chi connectivity index (χ1) is 7.91. The van der Waals surface area contributed by atoms with Gasteiger partial charge in [-0.3, -0.25) is 4.90 Å². The largest absolute Gasteiger partial charge is 0.507 e. The summed E-state index contributed by atoms with van der Waals surface area (Å²) >= 11 is 0. The van der Waals surface area contributed by atoms with Crippen LogP contribution in [0.25, 0.3) is 0 Å². The number of para-hydroxylation sites is 1. The van der Waals surface area contributed by atoms with Crippen molar-refractivity contribution in [3.8, 4) is 5.75 Å². The van der Waals surface area contributed by atoms with Gasteiger partial charge in [-0.05, 0) is 38.8 Å². The molecule has 0 fully saturated rings. The Balaban J connectivity index is 2.67. The summed E-state index contributed by atoms with van der Waals surface area (Å²) < 4.78 is 0. The van der Waals surface area contributed by atoms with E-state index in [1.165, 1.54) is 6.42 Å². The van der Waals surface area contributed by atoms with Gasteiger partial charge in [0.25, 0.3) is 0 Å². The number of hydrogen-bond acceptors (Lipinski definition) is 2. The lowest BCUT2D eigenvalue weighted by Gasteiger charge is -2.26. The molecule has 0 saturated carbocycles. The Morgan fingerprint density at radius 3 is 2.47 bits per heavy atom. The fraction of sp³-hybridized carbons (Fsp3) is 0.600. The van der Waals surface area contributed by atoms with Crippen molar-refractivity contribution in [3.05, 3.63) is 29.3 Å². The minimum absolute atomic E-state index is 0.441. The minimum atomic E-state index is 0.441. The third-order valence-corrected chi connectivity index (χ3v) is 3.31. The van der Waals surface area contributed by atoms with Gasteiger partial charge in [0.05, 0.1) is 0 Å². The molecule has 1 rings (SSSR count). The molecule has 0 heterocycles.